The Morgan fingerprint density at radius 3 is 2.39 bits per heavy atom. The number of urea groups is 1. The second kappa shape index (κ2) is 7.45. The van der Waals surface area contributed by atoms with Crippen LogP contribution in [0.1, 0.15) is 21.5 Å². The fraction of sp³-hybridized carbons (Fsp3) is 0.222. The number of benzene rings is 2. The monoisotopic (exact) mass is 311 g/mol. The third kappa shape index (κ3) is 4.57. The van der Waals surface area contributed by atoms with Gasteiger partial charge in [-0.3, -0.25) is 4.79 Å². The van der Waals surface area contributed by atoms with E-state index < -0.39 is 0 Å². The van der Waals surface area contributed by atoms with Crippen molar-refractivity contribution in [3.8, 4) is 0 Å². The fourth-order valence-electron chi connectivity index (χ4n) is 2.19. The maximum Gasteiger partial charge on any atom is 0.321 e. The maximum atomic E-state index is 12.2. The summed E-state index contributed by atoms with van der Waals surface area (Å²) < 4.78 is 0. The van der Waals surface area contributed by atoms with Crippen LogP contribution < -0.4 is 10.6 Å². The van der Waals surface area contributed by atoms with E-state index >= 15 is 0 Å². The first-order chi connectivity index (χ1) is 11.0. The lowest BCUT2D eigenvalue weighted by atomic mass is 10.1. The van der Waals surface area contributed by atoms with Crippen molar-refractivity contribution in [1.82, 2.24) is 10.2 Å². The van der Waals surface area contributed by atoms with Gasteiger partial charge in [0.25, 0.3) is 5.91 Å². The van der Waals surface area contributed by atoms with Crippen molar-refractivity contribution in [3.63, 3.8) is 0 Å². The van der Waals surface area contributed by atoms with Gasteiger partial charge in [0.2, 0.25) is 0 Å². The zero-order chi connectivity index (χ0) is 16.8. The zero-order valence-electron chi connectivity index (χ0n) is 13.6. The molecule has 5 heteroatoms. The Morgan fingerprint density at radius 1 is 1.09 bits per heavy atom. The smallest absolute Gasteiger partial charge is 0.321 e. The number of amides is 3. The molecule has 0 atom stereocenters. The molecule has 2 rings (SSSR count). The molecule has 0 aliphatic carbocycles. The molecule has 0 aliphatic rings. The number of rotatable bonds is 4. The van der Waals surface area contributed by atoms with E-state index in [9.17, 15) is 9.59 Å². The Hall–Kier alpha value is -2.82. The van der Waals surface area contributed by atoms with Crippen LogP contribution >= 0.6 is 0 Å². The zero-order valence-corrected chi connectivity index (χ0v) is 13.6. The predicted molar refractivity (Wildman–Crippen MR) is 91.5 cm³/mol. The lowest BCUT2D eigenvalue weighted by Crippen LogP contribution is -2.30. The average Bonchev–Trinajstić information content (AvgIpc) is 2.54. The molecule has 0 fully saturated rings. The molecule has 0 saturated carbocycles. The molecule has 0 aliphatic heterocycles. The molecule has 0 aromatic heterocycles. The molecule has 0 saturated heterocycles. The number of nitrogens with one attached hydrogen (secondary N) is 2. The van der Waals surface area contributed by atoms with Crippen molar-refractivity contribution in [2.45, 2.75) is 13.5 Å². The number of aryl methyl sites for hydroxylation is 1. The standard InChI is InChI=1S/C18H21N3O2/c1-13-5-4-6-16(11-13)20-18(23)21(3)12-14-7-9-15(10-8-14)17(22)19-2/h4-11H,12H2,1-3H3,(H,19,22)(H,20,23). The molecule has 0 heterocycles. The second-order valence-corrected chi connectivity index (χ2v) is 5.43. The topological polar surface area (TPSA) is 61.4 Å². The van der Waals surface area contributed by atoms with E-state index in [1.807, 2.05) is 43.3 Å². The van der Waals surface area contributed by atoms with Crippen LogP contribution in [0.25, 0.3) is 0 Å². The molecule has 120 valence electrons. The minimum Gasteiger partial charge on any atom is -0.355 e. The highest BCUT2D eigenvalue weighted by molar-refractivity contribution is 5.94. The minimum atomic E-state index is -0.175. The van der Waals surface area contributed by atoms with Gasteiger partial charge in [-0.15, -0.1) is 0 Å². The maximum absolute atomic E-state index is 12.2. The number of carbonyl (C=O) groups excluding carboxylic acids is 2. The molecular weight excluding hydrogens is 290 g/mol. The summed E-state index contributed by atoms with van der Waals surface area (Å²) >= 11 is 0. The highest BCUT2D eigenvalue weighted by atomic mass is 16.2. The third-order valence-electron chi connectivity index (χ3n) is 3.48. The molecule has 0 radical (unpaired) electrons. The van der Waals surface area contributed by atoms with Crippen LogP contribution in [-0.2, 0) is 6.54 Å². The molecule has 5 nitrogen and oxygen atoms in total. The van der Waals surface area contributed by atoms with E-state index in [1.54, 1.807) is 31.1 Å². The Morgan fingerprint density at radius 2 is 1.78 bits per heavy atom. The van der Waals surface area contributed by atoms with E-state index in [-0.39, 0.29) is 11.9 Å². The normalized spacial score (nSPS) is 10.0. The van der Waals surface area contributed by atoms with Gasteiger partial charge in [-0.2, -0.15) is 0 Å². The van der Waals surface area contributed by atoms with Gasteiger partial charge >= 0.3 is 6.03 Å². The number of carbonyl (C=O) groups is 2. The number of nitrogens with zero attached hydrogens (tertiary/aromatic N) is 1. The first-order valence-electron chi connectivity index (χ1n) is 7.39. The van der Waals surface area contributed by atoms with Gasteiger partial charge in [0, 0.05) is 31.9 Å². The van der Waals surface area contributed by atoms with Crippen molar-refractivity contribution < 1.29 is 9.59 Å². The lowest BCUT2D eigenvalue weighted by Gasteiger charge is -2.18. The minimum absolute atomic E-state index is 0.123. The molecular formula is C18H21N3O2. The van der Waals surface area contributed by atoms with Gasteiger partial charge in [0.1, 0.15) is 0 Å². The van der Waals surface area contributed by atoms with E-state index in [0.717, 1.165) is 16.8 Å². The molecule has 23 heavy (non-hydrogen) atoms. The molecule has 2 N–H and O–H groups in total. The average molecular weight is 311 g/mol. The van der Waals surface area contributed by atoms with E-state index in [0.29, 0.717) is 12.1 Å². The van der Waals surface area contributed by atoms with Gasteiger partial charge < -0.3 is 15.5 Å². The highest BCUT2D eigenvalue weighted by Crippen LogP contribution is 2.12. The van der Waals surface area contributed by atoms with Crippen molar-refractivity contribution in [2.75, 3.05) is 19.4 Å². The van der Waals surface area contributed by atoms with Crippen molar-refractivity contribution in [1.29, 1.82) is 0 Å². The molecule has 0 spiro atoms. The SMILES string of the molecule is CNC(=O)c1ccc(CN(C)C(=O)Nc2cccc(C)c2)cc1. The summed E-state index contributed by atoms with van der Waals surface area (Å²) in [5, 5.41) is 5.44. The van der Waals surface area contributed by atoms with Crippen molar-refractivity contribution in [2.24, 2.45) is 0 Å². The number of anilines is 1. The summed E-state index contributed by atoms with van der Waals surface area (Å²) in [5.74, 6) is -0.123. The molecule has 3 amide bonds. The Bertz CT molecular complexity index is 696. The van der Waals surface area contributed by atoms with Crippen LogP contribution in [0.2, 0.25) is 0 Å². The van der Waals surface area contributed by atoms with Crippen molar-refractivity contribution >= 4 is 17.6 Å². The summed E-state index contributed by atoms with van der Waals surface area (Å²) in [6, 6.07) is 14.7. The van der Waals surface area contributed by atoms with Crippen LogP contribution in [0.4, 0.5) is 10.5 Å². The third-order valence-corrected chi connectivity index (χ3v) is 3.48. The largest absolute Gasteiger partial charge is 0.355 e. The molecule has 2 aromatic rings. The summed E-state index contributed by atoms with van der Waals surface area (Å²) in [6.07, 6.45) is 0. The summed E-state index contributed by atoms with van der Waals surface area (Å²) in [6.45, 7) is 2.44. The van der Waals surface area contributed by atoms with E-state index in [1.165, 1.54) is 0 Å². The Kier molecular flexibility index (Phi) is 5.36. The quantitative estimate of drug-likeness (QED) is 0.912. The first-order valence-corrected chi connectivity index (χ1v) is 7.39. The van der Waals surface area contributed by atoms with Gasteiger partial charge in [-0.1, -0.05) is 24.3 Å². The molecule has 0 bridgehead atoms. The fourth-order valence-corrected chi connectivity index (χ4v) is 2.19. The Balaban J connectivity index is 1.96. The number of hydrogen-bond donors (Lipinski definition) is 2. The number of hydrogen-bond acceptors (Lipinski definition) is 2. The van der Waals surface area contributed by atoms with E-state index in [2.05, 4.69) is 10.6 Å². The Labute approximate surface area is 136 Å². The van der Waals surface area contributed by atoms with Crippen LogP contribution in [0.3, 0.4) is 0 Å². The van der Waals surface area contributed by atoms with Crippen LogP contribution in [-0.4, -0.2) is 30.9 Å². The summed E-state index contributed by atoms with van der Waals surface area (Å²) in [5.41, 5.74) is 3.43. The molecule has 0 unspecified atom stereocenters. The summed E-state index contributed by atoms with van der Waals surface area (Å²) in [4.78, 5) is 25.3. The van der Waals surface area contributed by atoms with Crippen LogP contribution in [0.5, 0.6) is 0 Å². The van der Waals surface area contributed by atoms with Crippen molar-refractivity contribution in [3.05, 3.63) is 65.2 Å². The van der Waals surface area contributed by atoms with Crippen LogP contribution in [0, 0.1) is 6.92 Å². The van der Waals surface area contributed by atoms with Gasteiger partial charge in [0.15, 0.2) is 0 Å². The van der Waals surface area contributed by atoms with Gasteiger partial charge in [-0.05, 0) is 42.3 Å². The van der Waals surface area contributed by atoms with E-state index in [4.69, 9.17) is 0 Å². The highest BCUT2D eigenvalue weighted by Gasteiger charge is 2.10. The second-order valence-electron chi connectivity index (χ2n) is 5.43. The summed E-state index contributed by atoms with van der Waals surface area (Å²) in [7, 11) is 3.33. The predicted octanol–water partition coefficient (Wildman–Crippen LogP) is 3.02. The van der Waals surface area contributed by atoms with Gasteiger partial charge in [-0.25, -0.2) is 4.79 Å². The first kappa shape index (κ1) is 16.5. The van der Waals surface area contributed by atoms with Crippen LogP contribution in [0.15, 0.2) is 48.5 Å². The molecule has 2 aromatic carbocycles. The van der Waals surface area contributed by atoms with Gasteiger partial charge in [0.05, 0.1) is 0 Å². The lowest BCUT2D eigenvalue weighted by molar-refractivity contribution is 0.0963.